The summed E-state index contributed by atoms with van der Waals surface area (Å²) >= 11 is 1.21. The maximum absolute atomic E-state index is 13.9. The maximum atomic E-state index is 13.9. The van der Waals surface area contributed by atoms with Gasteiger partial charge < -0.3 is 9.47 Å². The average molecular weight is 488 g/mol. The van der Waals surface area contributed by atoms with Crippen LogP contribution in [0.3, 0.4) is 0 Å². The van der Waals surface area contributed by atoms with Crippen LogP contribution in [0.1, 0.15) is 16.7 Å². The van der Waals surface area contributed by atoms with Crippen LogP contribution in [0.25, 0.3) is 6.08 Å². The number of carbonyl (C=O) groups excluding carboxylic acids is 1. The lowest BCUT2D eigenvalue weighted by atomic mass is 10.1. The zero-order valence-corrected chi connectivity index (χ0v) is 19.3. The van der Waals surface area contributed by atoms with Crippen LogP contribution in [0.4, 0.5) is 4.39 Å². The number of rotatable bonds is 6. The molecule has 0 spiro atoms. The molecule has 2 aliphatic rings. The van der Waals surface area contributed by atoms with E-state index in [0.29, 0.717) is 32.8 Å². The van der Waals surface area contributed by atoms with E-state index in [2.05, 4.69) is 15.1 Å². The number of nitrogens with zero attached hydrogens (tertiary/aromatic N) is 4. The van der Waals surface area contributed by atoms with E-state index in [1.807, 2.05) is 6.07 Å². The van der Waals surface area contributed by atoms with Crippen LogP contribution >= 0.6 is 11.8 Å². The number of nitrogens with one attached hydrogen (secondary N) is 1. The number of methoxy groups -OCH3 is 1. The van der Waals surface area contributed by atoms with Crippen LogP contribution in [-0.2, 0) is 11.4 Å². The van der Waals surface area contributed by atoms with E-state index in [1.54, 1.807) is 60.9 Å². The molecule has 0 bridgehead atoms. The third-order valence-electron chi connectivity index (χ3n) is 5.20. The van der Waals surface area contributed by atoms with Gasteiger partial charge in [-0.3, -0.25) is 15.2 Å². The van der Waals surface area contributed by atoms with Gasteiger partial charge in [-0.1, -0.05) is 24.3 Å². The number of amides is 1. The molecule has 1 N–H and O–H groups in total. The first-order chi connectivity index (χ1) is 17.0. The Bertz CT molecular complexity index is 1420. The lowest BCUT2D eigenvalue weighted by Gasteiger charge is -2.20. The summed E-state index contributed by atoms with van der Waals surface area (Å²) in [5.41, 5.74) is 1.89. The number of carbonyl (C=O) groups is 1. The molecule has 3 aromatic rings. The normalized spacial score (nSPS) is 16.2. The summed E-state index contributed by atoms with van der Waals surface area (Å²) in [4.78, 5) is 20.9. The quantitative estimate of drug-likeness (QED) is 0.515. The maximum Gasteiger partial charge on any atom is 0.283 e. The number of amidine groups is 2. The molecule has 1 aromatic heterocycles. The Morgan fingerprint density at radius 1 is 1.14 bits per heavy atom. The number of thioether (sulfide) groups is 1. The highest BCUT2D eigenvalue weighted by Gasteiger charge is 2.36. The van der Waals surface area contributed by atoms with Gasteiger partial charge in [-0.25, -0.2) is 4.39 Å². The molecule has 2 aliphatic heterocycles. The van der Waals surface area contributed by atoms with Gasteiger partial charge in [-0.05, 0) is 53.7 Å². The van der Waals surface area contributed by atoms with Gasteiger partial charge >= 0.3 is 0 Å². The van der Waals surface area contributed by atoms with E-state index in [-0.39, 0.29) is 23.8 Å². The van der Waals surface area contributed by atoms with E-state index in [4.69, 9.17) is 14.9 Å². The minimum atomic E-state index is -0.532. The van der Waals surface area contributed by atoms with Crippen molar-refractivity contribution in [3.63, 3.8) is 0 Å². The Labute approximate surface area is 204 Å². The van der Waals surface area contributed by atoms with Crippen molar-refractivity contribution in [3.8, 4) is 11.5 Å². The number of halogens is 1. The van der Waals surface area contributed by atoms with Crippen LogP contribution in [0.2, 0.25) is 0 Å². The number of hydrogen-bond acceptors (Lipinski definition) is 7. The molecule has 0 fully saturated rings. The van der Waals surface area contributed by atoms with Crippen LogP contribution in [-0.4, -0.2) is 39.1 Å². The molecule has 1 amide bonds. The molecule has 0 atom stereocenters. The van der Waals surface area contributed by atoms with Crippen molar-refractivity contribution in [2.45, 2.75) is 6.61 Å². The summed E-state index contributed by atoms with van der Waals surface area (Å²) in [6, 6.07) is 15.1. The number of ether oxygens (including phenoxy) is 2. The standard InChI is InChI=1S/C25H18FN5O3S/c1-33-21-12-15(8-9-20(21)34-14-17-5-2-3-7-19(17)26)11-18-22(27)31-25(29-23(18)32)35-24(30-31)16-6-4-10-28-13-16/h2-13,27H,14H2,1H3/b18-11-,27-22?. The number of aliphatic imine (C=N–C) groups is 1. The Kier molecular flexibility index (Phi) is 6.11. The van der Waals surface area contributed by atoms with Crippen molar-refractivity contribution >= 4 is 39.8 Å². The van der Waals surface area contributed by atoms with Crippen LogP contribution in [0.5, 0.6) is 11.5 Å². The van der Waals surface area contributed by atoms with E-state index in [1.165, 1.54) is 29.9 Å². The van der Waals surface area contributed by atoms with Crippen LogP contribution in [0.15, 0.2) is 82.7 Å². The van der Waals surface area contributed by atoms with Crippen LogP contribution in [0, 0.1) is 11.2 Å². The lowest BCUT2D eigenvalue weighted by molar-refractivity contribution is -0.114. The van der Waals surface area contributed by atoms with Gasteiger partial charge in [0.1, 0.15) is 17.5 Å². The molecule has 5 rings (SSSR count). The minimum absolute atomic E-state index is 0.0357. The zero-order valence-electron chi connectivity index (χ0n) is 18.4. The van der Waals surface area contributed by atoms with Crippen molar-refractivity contribution in [3.05, 3.63) is 95.1 Å². The van der Waals surface area contributed by atoms with E-state index < -0.39 is 5.91 Å². The van der Waals surface area contributed by atoms with Gasteiger partial charge in [-0.15, -0.1) is 0 Å². The highest BCUT2D eigenvalue weighted by atomic mass is 32.2. The number of benzene rings is 2. The number of pyridine rings is 1. The fourth-order valence-corrected chi connectivity index (χ4v) is 4.31. The predicted molar refractivity (Wildman–Crippen MR) is 132 cm³/mol. The Morgan fingerprint density at radius 3 is 2.77 bits per heavy atom. The molecule has 35 heavy (non-hydrogen) atoms. The zero-order chi connectivity index (χ0) is 24.4. The van der Waals surface area contributed by atoms with Gasteiger partial charge in [0.25, 0.3) is 5.91 Å². The molecule has 2 aromatic carbocycles. The Hall–Kier alpha value is -4.31. The van der Waals surface area contributed by atoms with Gasteiger partial charge in [0.15, 0.2) is 17.3 Å². The highest BCUT2D eigenvalue weighted by molar-refractivity contribution is 8.27. The second kappa shape index (κ2) is 9.51. The molecular formula is C25H18FN5O3S. The van der Waals surface area contributed by atoms with Crippen molar-refractivity contribution < 1.29 is 18.7 Å². The number of hydrogen-bond donors (Lipinski definition) is 1. The SMILES string of the molecule is COc1cc(/C=C2/C(=N)N3N=C(c4cccnc4)SC3=NC2=O)ccc1OCc1ccccc1F. The first-order valence-corrected chi connectivity index (χ1v) is 11.3. The fourth-order valence-electron chi connectivity index (χ4n) is 3.43. The van der Waals surface area contributed by atoms with Gasteiger partial charge in [0.05, 0.1) is 12.7 Å². The fraction of sp³-hybridized carbons (Fsp3) is 0.0800. The van der Waals surface area contributed by atoms with Crippen LogP contribution < -0.4 is 9.47 Å². The summed E-state index contributed by atoms with van der Waals surface area (Å²) in [6.07, 6.45) is 4.87. The van der Waals surface area contributed by atoms with E-state index in [0.717, 1.165) is 5.56 Å². The Morgan fingerprint density at radius 2 is 2.00 bits per heavy atom. The molecular weight excluding hydrogens is 469 g/mol. The summed E-state index contributed by atoms with van der Waals surface area (Å²) in [6.45, 7) is 0.0357. The summed E-state index contributed by atoms with van der Waals surface area (Å²) in [5.74, 6) is -0.134. The molecule has 174 valence electrons. The number of fused-ring (bicyclic) bond motifs is 1. The van der Waals surface area contributed by atoms with Crippen molar-refractivity contribution in [2.24, 2.45) is 10.1 Å². The summed E-state index contributed by atoms with van der Waals surface area (Å²) in [5, 5.41) is 15.3. The van der Waals surface area contributed by atoms with Gasteiger partial charge in [0.2, 0.25) is 5.17 Å². The molecule has 0 saturated heterocycles. The third kappa shape index (κ3) is 4.56. The molecule has 0 saturated carbocycles. The first-order valence-electron chi connectivity index (χ1n) is 10.5. The molecule has 0 radical (unpaired) electrons. The summed E-state index contributed by atoms with van der Waals surface area (Å²) in [7, 11) is 1.49. The highest BCUT2D eigenvalue weighted by Crippen LogP contribution is 2.33. The average Bonchev–Trinajstić information content (AvgIpc) is 3.31. The second-order valence-electron chi connectivity index (χ2n) is 7.46. The van der Waals surface area contributed by atoms with Gasteiger partial charge in [-0.2, -0.15) is 15.1 Å². The van der Waals surface area contributed by atoms with Gasteiger partial charge in [0, 0.05) is 23.5 Å². The number of hydrazone groups is 1. The summed E-state index contributed by atoms with van der Waals surface area (Å²) < 4.78 is 25.1. The topological polar surface area (TPSA) is 100 Å². The minimum Gasteiger partial charge on any atom is -0.493 e. The largest absolute Gasteiger partial charge is 0.493 e. The first kappa shape index (κ1) is 22.5. The van der Waals surface area contributed by atoms with Crippen molar-refractivity contribution in [1.82, 2.24) is 9.99 Å². The van der Waals surface area contributed by atoms with E-state index in [9.17, 15) is 9.18 Å². The predicted octanol–water partition coefficient (Wildman–Crippen LogP) is 4.48. The smallest absolute Gasteiger partial charge is 0.283 e. The lowest BCUT2D eigenvalue weighted by Crippen LogP contribution is -2.35. The number of aromatic nitrogens is 1. The van der Waals surface area contributed by atoms with E-state index >= 15 is 0 Å². The molecule has 0 unspecified atom stereocenters. The van der Waals surface area contributed by atoms with Crippen molar-refractivity contribution in [2.75, 3.05) is 7.11 Å². The second-order valence-corrected chi connectivity index (χ2v) is 8.41. The Balaban J connectivity index is 1.38. The monoisotopic (exact) mass is 487 g/mol. The molecule has 0 aliphatic carbocycles. The molecule has 10 heteroatoms. The third-order valence-corrected chi connectivity index (χ3v) is 6.16. The molecule has 3 heterocycles. The molecule has 8 nitrogen and oxygen atoms in total. The van der Waals surface area contributed by atoms with Crippen molar-refractivity contribution in [1.29, 1.82) is 5.41 Å².